The lowest BCUT2D eigenvalue weighted by atomic mass is 10.1. The molecule has 1 amide bonds. The summed E-state index contributed by atoms with van der Waals surface area (Å²) >= 11 is 6.52. The third-order valence-corrected chi connectivity index (χ3v) is 5.03. The second-order valence-corrected chi connectivity index (χ2v) is 8.72. The molecule has 30 heavy (non-hydrogen) atoms. The number of guanidine groups is 1. The van der Waals surface area contributed by atoms with E-state index in [1.54, 1.807) is 7.05 Å². The Bertz CT molecular complexity index is 727. The van der Waals surface area contributed by atoms with E-state index in [-0.39, 0.29) is 0 Å². The Kier molecular flexibility index (Phi) is 9.05. The van der Waals surface area contributed by atoms with Crippen LogP contribution in [0.5, 0.6) is 0 Å². The van der Waals surface area contributed by atoms with E-state index in [2.05, 4.69) is 43.9 Å². The minimum Gasteiger partial charge on any atom is -0.444 e. The number of hydrogen-bond acceptors (Lipinski definition) is 5. The number of amides is 1. The summed E-state index contributed by atoms with van der Waals surface area (Å²) in [6, 6.07) is 6.03. The molecule has 0 spiro atoms. The van der Waals surface area contributed by atoms with Crippen molar-refractivity contribution in [2.24, 2.45) is 4.99 Å². The molecule has 3 N–H and O–H groups in total. The molecule has 1 aromatic carbocycles. The Morgan fingerprint density at radius 1 is 1.13 bits per heavy atom. The molecule has 1 aromatic rings. The normalized spacial score (nSPS) is 15.7. The summed E-state index contributed by atoms with van der Waals surface area (Å²) in [5.74, 6) is 0.644. The fourth-order valence-corrected chi connectivity index (χ4v) is 3.35. The lowest BCUT2D eigenvalue weighted by Crippen LogP contribution is -2.45. The number of alkyl carbamates (subject to hydrolysis) is 1. The van der Waals surface area contributed by atoms with Gasteiger partial charge >= 0.3 is 6.09 Å². The first-order chi connectivity index (χ1) is 14.2. The highest BCUT2D eigenvalue weighted by atomic mass is 35.5. The molecule has 168 valence electrons. The van der Waals surface area contributed by atoms with Crippen LogP contribution in [0.4, 0.5) is 10.5 Å². The summed E-state index contributed by atoms with van der Waals surface area (Å²) in [7, 11) is 3.86. The van der Waals surface area contributed by atoms with Gasteiger partial charge in [0.1, 0.15) is 5.60 Å². The average molecular weight is 439 g/mol. The minimum atomic E-state index is -0.508. The zero-order chi connectivity index (χ0) is 22.1. The molecule has 0 saturated carbocycles. The van der Waals surface area contributed by atoms with Crippen LogP contribution in [0.15, 0.2) is 23.2 Å². The summed E-state index contributed by atoms with van der Waals surface area (Å²) in [6.07, 6.45) is -0.430. The maximum atomic E-state index is 11.7. The van der Waals surface area contributed by atoms with Crippen LogP contribution < -0.4 is 20.9 Å². The number of carbonyl (C=O) groups is 1. The first kappa shape index (κ1) is 24.1. The third kappa shape index (κ3) is 7.91. The number of halogens is 1. The molecule has 0 unspecified atom stereocenters. The van der Waals surface area contributed by atoms with Gasteiger partial charge in [0.15, 0.2) is 5.96 Å². The van der Waals surface area contributed by atoms with Crippen LogP contribution in [0.3, 0.4) is 0 Å². The first-order valence-corrected chi connectivity index (χ1v) is 10.7. The lowest BCUT2D eigenvalue weighted by molar-refractivity contribution is 0.0529. The lowest BCUT2D eigenvalue weighted by Gasteiger charge is -2.35. The summed E-state index contributed by atoms with van der Waals surface area (Å²) < 4.78 is 5.22. The molecule has 1 heterocycles. The van der Waals surface area contributed by atoms with Gasteiger partial charge in [0.25, 0.3) is 0 Å². The second kappa shape index (κ2) is 11.3. The van der Waals surface area contributed by atoms with Crippen LogP contribution >= 0.6 is 11.6 Å². The Balaban J connectivity index is 1.86. The Morgan fingerprint density at radius 2 is 1.80 bits per heavy atom. The van der Waals surface area contributed by atoms with Crippen molar-refractivity contribution in [1.82, 2.24) is 20.9 Å². The molecular weight excluding hydrogens is 404 g/mol. The van der Waals surface area contributed by atoms with Gasteiger partial charge in [-0.25, -0.2) is 4.79 Å². The van der Waals surface area contributed by atoms with E-state index in [0.717, 1.165) is 42.5 Å². The molecule has 1 saturated heterocycles. The number of hydrogen-bond donors (Lipinski definition) is 3. The van der Waals surface area contributed by atoms with E-state index in [1.807, 2.05) is 32.9 Å². The number of anilines is 1. The van der Waals surface area contributed by atoms with E-state index < -0.39 is 11.7 Å². The quantitative estimate of drug-likeness (QED) is 0.359. The van der Waals surface area contributed by atoms with Crippen molar-refractivity contribution in [1.29, 1.82) is 0 Å². The molecule has 9 heteroatoms. The maximum Gasteiger partial charge on any atom is 0.407 e. The van der Waals surface area contributed by atoms with Gasteiger partial charge in [0.05, 0.1) is 0 Å². The van der Waals surface area contributed by atoms with Crippen LogP contribution in [-0.2, 0) is 11.3 Å². The molecule has 1 fully saturated rings. The molecule has 0 atom stereocenters. The highest BCUT2D eigenvalue weighted by Crippen LogP contribution is 2.28. The van der Waals surface area contributed by atoms with Crippen LogP contribution in [0, 0.1) is 0 Å². The van der Waals surface area contributed by atoms with Gasteiger partial charge < -0.3 is 30.5 Å². The van der Waals surface area contributed by atoms with Crippen LogP contribution in [0.2, 0.25) is 5.02 Å². The summed E-state index contributed by atoms with van der Waals surface area (Å²) in [6.45, 7) is 11.0. The highest BCUT2D eigenvalue weighted by Gasteiger charge is 2.19. The molecule has 1 aliphatic heterocycles. The SMILES string of the molecule is CN=C(NCCNC(=O)OC(C)(C)C)NCc1c(Cl)cccc1N1CCN(C)CC1. The summed E-state index contributed by atoms with van der Waals surface area (Å²) in [5.41, 5.74) is 1.70. The number of ether oxygens (including phenoxy) is 1. The summed E-state index contributed by atoms with van der Waals surface area (Å²) in [4.78, 5) is 20.7. The molecule has 2 rings (SSSR count). The predicted molar refractivity (Wildman–Crippen MR) is 124 cm³/mol. The fraction of sp³-hybridized carbons (Fsp3) is 0.619. The van der Waals surface area contributed by atoms with E-state index in [1.165, 1.54) is 0 Å². The predicted octanol–water partition coefficient (Wildman–Crippen LogP) is 2.28. The van der Waals surface area contributed by atoms with Crippen molar-refractivity contribution >= 4 is 29.3 Å². The van der Waals surface area contributed by atoms with Crippen LogP contribution in [0.1, 0.15) is 26.3 Å². The second-order valence-electron chi connectivity index (χ2n) is 8.31. The van der Waals surface area contributed by atoms with Crippen molar-refractivity contribution in [2.75, 3.05) is 58.3 Å². The zero-order valence-electron chi connectivity index (χ0n) is 18.7. The number of nitrogens with one attached hydrogen (secondary N) is 3. The largest absolute Gasteiger partial charge is 0.444 e. The molecule has 0 aliphatic carbocycles. The Labute approximate surface area is 185 Å². The molecule has 8 nitrogen and oxygen atoms in total. The van der Waals surface area contributed by atoms with Gasteiger partial charge in [0.2, 0.25) is 0 Å². The number of aliphatic imine (C=N–C) groups is 1. The number of nitrogens with zero attached hydrogens (tertiary/aromatic N) is 3. The fourth-order valence-electron chi connectivity index (χ4n) is 3.12. The monoisotopic (exact) mass is 438 g/mol. The van der Waals surface area contributed by atoms with Crippen molar-refractivity contribution in [2.45, 2.75) is 32.9 Å². The first-order valence-electron chi connectivity index (χ1n) is 10.3. The van der Waals surface area contributed by atoms with Crippen molar-refractivity contribution in [3.05, 3.63) is 28.8 Å². The van der Waals surface area contributed by atoms with Gasteiger partial charge in [-0.3, -0.25) is 4.99 Å². The van der Waals surface area contributed by atoms with Gasteiger partial charge in [-0.15, -0.1) is 0 Å². The molecule has 0 radical (unpaired) electrons. The third-order valence-electron chi connectivity index (χ3n) is 4.68. The van der Waals surface area contributed by atoms with Gasteiger partial charge in [-0.1, -0.05) is 17.7 Å². The zero-order valence-corrected chi connectivity index (χ0v) is 19.5. The molecule has 0 bridgehead atoms. The Hall–Kier alpha value is -2.19. The Morgan fingerprint density at radius 3 is 2.43 bits per heavy atom. The van der Waals surface area contributed by atoms with E-state index in [9.17, 15) is 4.79 Å². The molecule has 0 aromatic heterocycles. The highest BCUT2D eigenvalue weighted by molar-refractivity contribution is 6.31. The standard InChI is InChI=1S/C21H35ClN6O2/c1-21(2,3)30-20(29)25-10-9-24-19(23-4)26-15-16-17(22)7-6-8-18(16)28-13-11-27(5)12-14-28/h6-8H,9-15H2,1-5H3,(H,25,29)(H2,23,24,26). The smallest absolute Gasteiger partial charge is 0.407 e. The number of rotatable bonds is 6. The van der Waals surface area contributed by atoms with Gasteiger partial charge in [-0.05, 0) is 40.0 Å². The van der Waals surface area contributed by atoms with E-state index in [4.69, 9.17) is 16.3 Å². The van der Waals surface area contributed by atoms with Gasteiger partial charge in [-0.2, -0.15) is 0 Å². The number of benzene rings is 1. The number of likely N-dealkylation sites (N-methyl/N-ethyl adjacent to an activating group) is 1. The van der Waals surface area contributed by atoms with Gasteiger partial charge in [0, 0.05) is 69.1 Å². The molecular formula is C21H35ClN6O2. The van der Waals surface area contributed by atoms with Crippen molar-refractivity contribution in [3.8, 4) is 0 Å². The average Bonchev–Trinajstić information content (AvgIpc) is 2.67. The maximum absolute atomic E-state index is 11.7. The van der Waals surface area contributed by atoms with E-state index in [0.29, 0.717) is 25.6 Å². The van der Waals surface area contributed by atoms with Crippen molar-refractivity contribution in [3.63, 3.8) is 0 Å². The minimum absolute atomic E-state index is 0.425. The van der Waals surface area contributed by atoms with Crippen LogP contribution in [-0.4, -0.2) is 75.9 Å². The van der Waals surface area contributed by atoms with Crippen LogP contribution in [0.25, 0.3) is 0 Å². The number of piperazine rings is 1. The van der Waals surface area contributed by atoms with Crippen molar-refractivity contribution < 1.29 is 9.53 Å². The topological polar surface area (TPSA) is 81.2 Å². The number of carbonyl (C=O) groups excluding carboxylic acids is 1. The molecule has 1 aliphatic rings. The van der Waals surface area contributed by atoms with E-state index >= 15 is 0 Å². The summed E-state index contributed by atoms with van der Waals surface area (Å²) in [5, 5.41) is 9.96.